The molecule has 0 unspecified atom stereocenters. The normalized spacial score (nSPS) is 16.9. The minimum Gasteiger partial charge on any atom is -0.387 e. The maximum Gasteiger partial charge on any atom is 0.145 e. The highest BCUT2D eigenvalue weighted by Gasteiger charge is 2.21. The molecule has 1 atom stereocenters. The van der Waals surface area contributed by atoms with E-state index >= 15 is 0 Å². The Balaban J connectivity index is 4.76. The van der Waals surface area contributed by atoms with Gasteiger partial charge in [0.1, 0.15) is 12.4 Å². The van der Waals surface area contributed by atoms with E-state index in [1.807, 2.05) is 101 Å². The molecule has 0 fully saturated rings. The molecule has 3 nitrogen and oxygen atoms in total. The van der Waals surface area contributed by atoms with Gasteiger partial charge in [0, 0.05) is 0 Å². The maximum atomic E-state index is 10.5. The van der Waals surface area contributed by atoms with Crippen LogP contribution in [0.25, 0.3) is 0 Å². The van der Waals surface area contributed by atoms with Crippen LogP contribution in [0.1, 0.15) is 48.5 Å². The van der Waals surface area contributed by atoms with E-state index in [0.717, 1.165) is 28.6 Å². The van der Waals surface area contributed by atoms with E-state index < -0.39 is 11.7 Å². The molecule has 0 saturated heterocycles. The predicted molar refractivity (Wildman–Crippen MR) is 143 cm³/mol. The van der Waals surface area contributed by atoms with Gasteiger partial charge in [-0.15, -0.1) is 0 Å². The Morgan fingerprint density at radius 3 is 1.30 bits per heavy atom. The van der Waals surface area contributed by atoms with Crippen molar-refractivity contribution in [3.05, 3.63) is 119 Å². The standard InChI is InChI=1S/C30H40O3/c1-24(13-8-9-14-25(2)18-12-20-28(5)23-31)15-10-16-26(3)17-11-19-27(4)21-22-29(32)30(6,7)33/h8-23,29,32-33H,1-7H3/b9-8+,15-10+,17-11+,18-12+,22-21+,24-13+,25-14+,26-16+,27-19+,28-20+/t29-/m1/s1. The molecule has 0 saturated carbocycles. The molecular formula is C30H40O3. The largest absolute Gasteiger partial charge is 0.387 e. The number of hydrogen-bond acceptors (Lipinski definition) is 3. The van der Waals surface area contributed by atoms with E-state index in [0.29, 0.717) is 5.57 Å². The fourth-order valence-corrected chi connectivity index (χ4v) is 2.21. The van der Waals surface area contributed by atoms with E-state index in [9.17, 15) is 15.0 Å². The van der Waals surface area contributed by atoms with E-state index in [1.165, 1.54) is 0 Å². The summed E-state index contributed by atoms with van der Waals surface area (Å²) >= 11 is 0. The van der Waals surface area contributed by atoms with Crippen molar-refractivity contribution in [3.63, 3.8) is 0 Å². The second-order valence-electron chi connectivity index (χ2n) is 8.59. The summed E-state index contributed by atoms with van der Waals surface area (Å²) in [6, 6.07) is 0. The Hall–Kier alpha value is -3.01. The first-order valence-corrected chi connectivity index (χ1v) is 11.1. The minimum absolute atomic E-state index is 0.697. The summed E-state index contributed by atoms with van der Waals surface area (Å²) in [5.74, 6) is 0. The van der Waals surface area contributed by atoms with Crippen LogP contribution in [0, 0.1) is 0 Å². The molecule has 0 aromatic rings. The SMILES string of the molecule is C\C(C=O)=C/C=C/C(C)=C/C=C/C=C(C)/C=C/C=C(C)/C=C/C=C(C)/C=C/[C@@H](O)C(C)(C)O. The summed E-state index contributed by atoms with van der Waals surface area (Å²) < 4.78 is 0. The smallest absolute Gasteiger partial charge is 0.145 e. The Kier molecular flexibility index (Phi) is 15.1. The van der Waals surface area contributed by atoms with Crippen LogP contribution in [0.3, 0.4) is 0 Å². The van der Waals surface area contributed by atoms with Gasteiger partial charge in [0.05, 0.1) is 5.60 Å². The van der Waals surface area contributed by atoms with Gasteiger partial charge in [-0.2, -0.15) is 0 Å². The Bertz CT molecular complexity index is 918. The van der Waals surface area contributed by atoms with Gasteiger partial charge < -0.3 is 10.2 Å². The predicted octanol–water partition coefficient (Wildman–Crippen LogP) is 6.83. The molecule has 0 aromatic heterocycles. The lowest BCUT2D eigenvalue weighted by molar-refractivity contribution is -0.104. The lowest BCUT2D eigenvalue weighted by Gasteiger charge is -2.21. The second kappa shape index (κ2) is 16.6. The minimum atomic E-state index is -1.15. The lowest BCUT2D eigenvalue weighted by Crippen LogP contribution is -2.34. The van der Waals surface area contributed by atoms with E-state index in [2.05, 4.69) is 0 Å². The van der Waals surface area contributed by atoms with Gasteiger partial charge in [0.15, 0.2) is 0 Å². The van der Waals surface area contributed by atoms with Crippen LogP contribution in [0.15, 0.2) is 119 Å². The van der Waals surface area contributed by atoms with E-state index in [4.69, 9.17) is 0 Å². The number of aliphatic hydroxyl groups excluding tert-OH is 1. The van der Waals surface area contributed by atoms with E-state index in [-0.39, 0.29) is 0 Å². The zero-order valence-corrected chi connectivity index (χ0v) is 21.1. The van der Waals surface area contributed by atoms with Gasteiger partial charge in [-0.1, -0.05) is 113 Å². The van der Waals surface area contributed by atoms with Crippen LogP contribution >= 0.6 is 0 Å². The highest BCUT2D eigenvalue weighted by Crippen LogP contribution is 2.10. The molecular weight excluding hydrogens is 408 g/mol. The monoisotopic (exact) mass is 448 g/mol. The molecule has 178 valence electrons. The molecule has 3 heteroatoms. The zero-order chi connectivity index (χ0) is 25.3. The fourth-order valence-electron chi connectivity index (χ4n) is 2.21. The number of aldehydes is 1. The van der Waals surface area contributed by atoms with Crippen LogP contribution in [-0.2, 0) is 4.79 Å². The first-order chi connectivity index (χ1) is 15.5. The molecule has 0 bridgehead atoms. The van der Waals surface area contributed by atoms with E-state index in [1.54, 1.807) is 39.0 Å². The average molecular weight is 449 g/mol. The molecule has 0 aliphatic carbocycles. The molecule has 0 spiro atoms. The van der Waals surface area contributed by atoms with Gasteiger partial charge in [-0.25, -0.2) is 0 Å². The molecule has 0 aliphatic rings. The van der Waals surface area contributed by atoms with Gasteiger partial charge in [0.2, 0.25) is 0 Å². The highest BCUT2D eigenvalue weighted by molar-refractivity contribution is 5.72. The number of carbonyl (C=O) groups is 1. The molecule has 0 aliphatic heterocycles. The third-order valence-corrected chi connectivity index (χ3v) is 4.44. The average Bonchev–Trinajstić information content (AvgIpc) is 2.74. The van der Waals surface area contributed by atoms with Crippen molar-refractivity contribution < 1.29 is 15.0 Å². The van der Waals surface area contributed by atoms with Crippen molar-refractivity contribution in [2.24, 2.45) is 0 Å². The van der Waals surface area contributed by atoms with Gasteiger partial charge in [-0.05, 0) is 54.0 Å². The Morgan fingerprint density at radius 1 is 0.606 bits per heavy atom. The second-order valence-corrected chi connectivity index (χ2v) is 8.59. The first kappa shape index (κ1) is 30.0. The summed E-state index contributed by atoms with van der Waals surface area (Å²) in [7, 11) is 0. The highest BCUT2D eigenvalue weighted by atomic mass is 16.3. The van der Waals surface area contributed by atoms with Crippen LogP contribution < -0.4 is 0 Å². The molecule has 0 heterocycles. The molecule has 0 rings (SSSR count). The summed E-state index contributed by atoms with van der Waals surface area (Å²) in [5, 5.41) is 19.5. The fraction of sp³-hybridized carbons (Fsp3) is 0.300. The number of hydrogen-bond donors (Lipinski definition) is 2. The number of aliphatic hydroxyl groups is 2. The topological polar surface area (TPSA) is 57.5 Å². The van der Waals surface area contributed by atoms with Crippen molar-refractivity contribution >= 4 is 6.29 Å². The first-order valence-electron chi connectivity index (χ1n) is 11.1. The quantitative estimate of drug-likeness (QED) is 0.195. The van der Waals surface area contributed by atoms with Gasteiger partial charge in [-0.3, -0.25) is 4.79 Å². The molecule has 0 radical (unpaired) electrons. The summed E-state index contributed by atoms with van der Waals surface area (Å²) in [4.78, 5) is 10.5. The zero-order valence-electron chi connectivity index (χ0n) is 21.1. The van der Waals surface area contributed by atoms with Crippen molar-refractivity contribution in [2.45, 2.75) is 60.2 Å². The van der Waals surface area contributed by atoms with Crippen molar-refractivity contribution in [1.82, 2.24) is 0 Å². The van der Waals surface area contributed by atoms with Crippen molar-refractivity contribution in [2.75, 3.05) is 0 Å². The maximum absolute atomic E-state index is 10.5. The third-order valence-electron chi connectivity index (χ3n) is 4.44. The Morgan fingerprint density at radius 2 is 0.939 bits per heavy atom. The number of allylic oxidation sites excluding steroid dienone is 19. The molecule has 2 N–H and O–H groups in total. The van der Waals surface area contributed by atoms with Gasteiger partial charge in [0.25, 0.3) is 0 Å². The van der Waals surface area contributed by atoms with Crippen LogP contribution in [0.4, 0.5) is 0 Å². The Labute approximate surface area is 200 Å². The lowest BCUT2D eigenvalue weighted by atomic mass is 10.0. The van der Waals surface area contributed by atoms with Crippen LogP contribution in [0.5, 0.6) is 0 Å². The molecule has 0 aromatic carbocycles. The van der Waals surface area contributed by atoms with Crippen LogP contribution in [0.2, 0.25) is 0 Å². The summed E-state index contributed by atoms with van der Waals surface area (Å²) in [6.45, 7) is 13.0. The molecule has 33 heavy (non-hydrogen) atoms. The number of rotatable bonds is 12. The van der Waals surface area contributed by atoms with Crippen molar-refractivity contribution in [3.8, 4) is 0 Å². The molecule has 0 amide bonds. The van der Waals surface area contributed by atoms with Crippen molar-refractivity contribution in [1.29, 1.82) is 0 Å². The summed E-state index contributed by atoms with van der Waals surface area (Å²) in [6.07, 6.45) is 29.0. The van der Waals surface area contributed by atoms with Gasteiger partial charge >= 0.3 is 0 Å². The van der Waals surface area contributed by atoms with Crippen LogP contribution in [-0.4, -0.2) is 28.2 Å². The number of carbonyl (C=O) groups excluding carboxylic acids is 1. The summed E-state index contributed by atoms with van der Waals surface area (Å²) in [5.41, 5.74) is 3.88. The third kappa shape index (κ3) is 17.2.